The first-order chi connectivity index (χ1) is 56.9. The van der Waals surface area contributed by atoms with Gasteiger partial charge in [0.05, 0.1) is 93.9 Å². The van der Waals surface area contributed by atoms with Crippen LogP contribution in [0.3, 0.4) is 0 Å². The average Bonchev–Trinajstić information content (AvgIpc) is 1.58. The molecule has 6 N–H and O–H groups in total. The SMILES string of the molecule is C.C.CC#Cc1cccc(COC(C)C2=C(C)C3=NC2=CC2=NC(=CC4=C(C)C5=C(O)CC(=C6NC(=C3)C(C)[C@@H]6CCC(=O)NCc3ccc(C)cc3)C5=N4)C(CC)=C2C)c1.CC#Cc1cccc(COC(C)C2=C(C)C3=NC2=CC2=NC(=CC4=C(C)C5=C(O)CC(=C6NC(=C3)C(C)[C@@H]6CCC(=O)NCc3cccc(C)c3)C5=N4)C(CC)=C2C)c1. The highest BCUT2D eigenvalue weighted by molar-refractivity contribution is 6.23. The maximum atomic E-state index is 13.4. The third-order valence-electron chi connectivity index (χ3n) is 25.0. The van der Waals surface area contributed by atoms with E-state index in [9.17, 15) is 19.8 Å². The molecule has 16 heteroatoms. The number of nitrogens with zero attached hydrogens (tertiary/aromatic N) is 6. The van der Waals surface area contributed by atoms with Gasteiger partial charge in [0.1, 0.15) is 11.5 Å². The predicted molar refractivity (Wildman–Crippen MR) is 489 cm³/mol. The Balaban J connectivity index is 0.000000204. The van der Waals surface area contributed by atoms with Crippen molar-refractivity contribution in [2.45, 2.75) is 216 Å². The summed E-state index contributed by atoms with van der Waals surface area (Å²) < 4.78 is 13.2. The number of carbonyl (C=O) groups is 2. The number of aliphatic hydroxyl groups excluding tert-OH is 2. The number of carbonyl (C=O) groups excluding carboxylic acids is 2. The van der Waals surface area contributed by atoms with Crippen molar-refractivity contribution in [1.82, 2.24) is 21.3 Å². The summed E-state index contributed by atoms with van der Waals surface area (Å²) in [5, 5.41) is 37.0. The maximum absolute atomic E-state index is 13.4. The third-order valence-corrected chi connectivity index (χ3v) is 25.0. The van der Waals surface area contributed by atoms with Gasteiger partial charge in [0.15, 0.2) is 0 Å². The second kappa shape index (κ2) is 36.2. The van der Waals surface area contributed by atoms with Crippen molar-refractivity contribution < 1.29 is 29.3 Å². The molecule has 0 saturated carbocycles. The van der Waals surface area contributed by atoms with E-state index >= 15 is 0 Å². The van der Waals surface area contributed by atoms with E-state index < -0.39 is 0 Å². The van der Waals surface area contributed by atoms with E-state index in [1.165, 1.54) is 11.1 Å². The normalized spacial score (nSPS) is 20.9. The van der Waals surface area contributed by atoms with Gasteiger partial charge in [0.2, 0.25) is 11.8 Å². The van der Waals surface area contributed by atoms with Crippen molar-refractivity contribution in [2.75, 3.05) is 0 Å². The zero-order valence-electron chi connectivity index (χ0n) is 70.9. The molecule has 16 nitrogen and oxygen atoms in total. The number of aliphatic hydroxyl groups is 2. The van der Waals surface area contributed by atoms with Gasteiger partial charge < -0.3 is 41.0 Å². The quantitative estimate of drug-likeness (QED) is 0.0467. The number of amides is 2. The minimum Gasteiger partial charge on any atom is -0.511 e. The molecule has 120 heavy (non-hydrogen) atoms. The Morgan fingerprint density at radius 3 is 1.32 bits per heavy atom. The van der Waals surface area contributed by atoms with Crippen molar-refractivity contribution in [3.05, 3.63) is 325 Å². The second-order valence-electron chi connectivity index (χ2n) is 32.7. The molecule has 4 unspecified atom stereocenters. The van der Waals surface area contributed by atoms with E-state index in [1.54, 1.807) is 0 Å². The van der Waals surface area contributed by atoms with Crippen LogP contribution in [0.1, 0.15) is 208 Å². The van der Waals surface area contributed by atoms with Crippen LogP contribution in [0.25, 0.3) is 0 Å². The van der Waals surface area contributed by atoms with E-state index in [1.807, 2.05) is 64.1 Å². The van der Waals surface area contributed by atoms with Gasteiger partial charge in [0, 0.05) is 130 Å². The van der Waals surface area contributed by atoms with Crippen LogP contribution < -0.4 is 21.3 Å². The van der Waals surface area contributed by atoms with Crippen LogP contribution in [0.15, 0.2) is 310 Å². The summed E-state index contributed by atoms with van der Waals surface area (Å²) in [6.07, 6.45) is 16.5. The monoisotopic (exact) mass is 1600 g/mol. The van der Waals surface area contributed by atoms with Crippen LogP contribution in [-0.4, -0.2) is 68.5 Å². The topological polar surface area (TPSA) is 215 Å². The molecule has 6 atom stereocenters. The number of allylic oxidation sites excluding steroid dienone is 22. The van der Waals surface area contributed by atoms with E-state index in [-0.39, 0.29) is 62.5 Å². The average molecular weight is 1600 g/mol. The number of ether oxygens (including phenoxy) is 2. The summed E-state index contributed by atoms with van der Waals surface area (Å²) in [7, 11) is 0. The highest BCUT2D eigenvalue weighted by atomic mass is 16.5. The summed E-state index contributed by atoms with van der Waals surface area (Å²) in [5.41, 5.74) is 36.9. The smallest absolute Gasteiger partial charge is 0.220 e. The molecule has 616 valence electrons. The first-order valence-electron chi connectivity index (χ1n) is 41.7. The minimum absolute atomic E-state index is 0. The van der Waals surface area contributed by atoms with Crippen molar-refractivity contribution in [3.8, 4) is 23.7 Å². The molecule has 16 rings (SSSR count). The van der Waals surface area contributed by atoms with Crippen LogP contribution in [0, 0.1) is 61.2 Å². The highest BCUT2D eigenvalue weighted by Crippen LogP contribution is 2.50. The number of nitrogens with one attached hydrogen (secondary N) is 4. The van der Waals surface area contributed by atoms with Gasteiger partial charge in [-0.3, -0.25) is 9.59 Å². The Hall–Kier alpha value is -12.1. The number of rotatable bonds is 20. The van der Waals surface area contributed by atoms with Crippen molar-refractivity contribution in [2.24, 2.45) is 53.6 Å². The lowest BCUT2D eigenvalue weighted by Gasteiger charge is -2.18. The molecule has 2 fully saturated rings. The lowest BCUT2D eigenvalue weighted by molar-refractivity contribution is -0.122. The summed E-state index contributed by atoms with van der Waals surface area (Å²) in [6.45, 7) is 35.2. The fourth-order valence-electron chi connectivity index (χ4n) is 18.3. The fourth-order valence-corrected chi connectivity index (χ4v) is 18.3. The Labute approximate surface area is 709 Å². The van der Waals surface area contributed by atoms with Crippen LogP contribution in [0.4, 0.5) is 0 Å². The van der Waals surface area contributed by atoms with E-state index in [2.05, 4.69) is 225 Å². The Morgan fingerprint density at radius 2 is 0.892 bits per heavy atom. The van der Waals surface area contributed by atoms with Crippen molar-refractivity contribution >= 4 is 46.1 Å². The zero-order valence-corrected chi connectivity index (χ0v) is 70.9. The first-order valence-corrected chi connectivity index (χ1v) is 41.7. The molecule has 0 radical (unpaired) electrons. The lowest BCUT2D eigenvalue weighted by Crippen LogP contribution is -2.24. The molecule has 4 aromatic rings. The fraction of sp³-hybridized carbons (Fsp3) is 0.346. The molecule has 0 aromatic heterocycles. The van der Waals surface area contributed by atoms with Gasteiger partial charge in [-0.25, -0.2) is 30.0 Å². The molecule has 0 spiro atoms. The standard InChI is InChI=1S/2C51H53N5O3.2CH4/c1-9-13-34-15-12-17-36(21-34)27-59-33(8)48-31(6)42-23-41-30(5)38(18-19-47(58)52-26-35-16-11-14-28(3)20-35)50(55-41)39-22-46(57)49-32(7)43(56-51(39)49)24-44-37(10-2)29(4)40(53-44)25-45(48)54-42;1-9-12-34-13-11-14-36(21-34)27-59-33(8)48-31(6)42-23-41-30(5)38(19-20-47(58)52-26-35-17-15-28(3)16-18-35)50(55-41)39-22-46(57)49-32(7)43(56-51(39)49)24-44-37(10-2)29(4)40(53-44)25-45(48)54-42;;/h11-12,14-17,20-21,23-25,30,33,38,55,57H,10,18-19,22,26-27H2,1-8H3,(H,52,58);11,13-18,21,23-25,30,33,38,55,57H,10,19-20,22,26-27H2,1-8H3,(H,52,58);2*1H4/t2*30?,33?,38-;;/m00../s1. The number of fused-ring (bicyclic) bond motifs is 10. The lowest BCUT2D eigenvalue weighted by atomic mass is 9.86. The van der Waals surface area contributed by atoms with Crippen LogP contribution >= 0.6 is 0 Å². The van der Waals surface area contributed by atoms with Gasteiger partial charge in [-0.1, -0.05) is 138 Å². The van der Waals surface area contributed by atoms with E-state index in [4.69, 9.17) is 39.4 Å². The van der Waals surface area contributed by atoms with E-state index in [0.29, 0.717) is 76.3 Å². The summed E-state index contributed by atoms with van der Waals surface area (Å²) in [6, 6.07) is 32.8. The Kier molecular flexibility index (Phi) is 25.9. The van der Waals surface area contributed by atoms with Crippen LogP contribution in [-0.2, 0) is 45.4 Å². The van der Waals surface area contributed by atoms with Gasteiger partial charge in [-0.15, -0.1) is 11.8 Å². The van der Waals surface area contributed by atoms with Crippen molar-refractivity contribution in [1.29, 1.82) is 0 Å². The van der Waals surface area contributed by atoms with E-state index in [0.717, 1.165) is 215 Å². The van der Waals surface area contributed by atoms with Gasteiger partial charge >= 0.3 is 0 Å². The van der Waals surface area contributed by atoms with Crippen LogP contribution in [0.5, 0.6) is 0 Å². The molecular formula is C104H114N10O6. The summed E-state index contributed by atoms with van der Waals surface area (Å²) >= 11 is 0. The van der Waals surface area contributed by atoms with Crippen LogP contribution in [0.2, 0.25) is 0 Å². The number of hydrogen-bond donors (Lipinski definition) is 6. The third kappa shape index (κ3) is 17.3. The molecule has 12 aliphatic rings. The minimum atomic E-state index is -0.266. The predicted octanol–water partition coefficient (Wildman–Crippen LogP) is 21.4. The molecule has 16 bridgehead atoms. The van der Waals surface area contributed by atoms with Gasteiger partial charge in [-0.2, -0.15) is 0 Å². The molecule has 2 amide bonds. The second-order valence-corrected chi connectivity index (χ2v) is 32.7. The maximum Gasteiger partial charge on any atom is 0.220 e. The number of aliphatic imine (C=N–C) groups is 6. The first kappa shape index (κ1) is 85.8. The number of aryl methyl sites for hydroxylation is 2. The Morgan fingerprint density at radius 1 is 0.483 bits per heavy atom. The summed E-state index contributed by atoms with van der Waals surface area (Å²) in [5.74, 6) is 13.0. The number of hydrogen-bond acceptors (Lipinski definition) is 14. The molecule has 2 aliphatic carbocycles. The summed E-state index contributed by atoms with van der Waals surface area (Å²) in [4.78, 5) is 58.2. The zero-order chi connectivity index (χ0) is 83.1. The van der Waals surface area contributed by atoms with Gasteiger partial charge in [-0.05, 0) is 236 Å². The molecule has 4 aromatic carbocycles. The highest BCUT2D eigenvalue weighted by Gasteiger charge is 2.44. The molecule has 2 saturated heterocycles. The largest absolute Gasteiger partial charge is 0.511 e. The molecule has 10 aliphatic heterocycles. The Bertz CT molecular complexity index is 5910. The number of benzene rings is 4. The van der Waals surface area contributed by atoms with Crippen molar-refractivity contribution in [3.63, 3.8) is 0 Å². The van der Waals surface area contributed by atoms with Gasteiger partial charge in [0.25, 0.3) is 0 Å². The molecular weight excluding hydrogens is 1490 g/mol. The molecule has 10 heterocycles.